The second-order valence-corrected chi connectivity index (χ2v) is 4.86. The number of nitrogens with zero attached hydrogens (tertiary/aromatic N) is 1. The van der Waals surface area contributed by atoms with E-state index in [0.29, 0.717) is 5.92 Å². The van der Waals surface area contributed by atoms with Gasteiger partial charge in [-0.05, 0) is 24.8 Å². The number of rotatable bonds is 7. The van der Waals surface area contributed by atoms with Gasteiger partial charge in [-0.2, -0.15) is 0 Å². The van der Waals surface area contributed by atoms with E-state index in [1.54, 1.807) is 0 Å². The molecule has 1 aromatic carbocycles. The zero-order chi connectivity index (χ0) is 13.5. The largest absolute Gasteiger partial charge is 0.485 e. The van der Waals surface area contributed by atoms with E-state index in [4.69, 9.17) is 4.74 Å². The Balaban J connectivity index is 2.64. The second kappa shape index (κ2) is 7.31. The van der Waals surface area contributed by atoms with Crippen molar-refractivity contribution >= 4 is 21.6 Å². The molecule has 0 aliphatic heterocycles. The van der Waals surface area contributed by atoms with Gasteiger partial charge in [-0.3, -0.25) is 10.1 Å². The first kappa shape index (κ1) is 14.9. The maximum Gasteiger partial charge on any atom is 0.314 e. The Morgan fingerprint density at radius 1 is 1.50 bits per heavy atom. The fourth-order valence-corrected chi connectivity index (χ4v) is 2.26. The average Bonchev–Trinajstić information content (AvgIpc) is 2.31. The maximum atomic E-state index is 13.4. The highest BCUT2D eigenvalue weighted by Crippen LogP contribution is 2.29. The molecule has 0 saturated heterocycles. The van der Waals surface area contributed by atoms with E-state index >= 15 is 0 Å². The summed E-state index contributed by atoms with van der Waals surface area (Å²) in [6, 6.07) is 3.69. The van der Waals surface area contributed by atoms with Crippen LogP contribution in [-0.4, -0.2) is 16.9 Å². The van der Waals surface area contributed by atoms with Crippen molar-refractivity contribution in [3.8, 4) is 5.75 Å². The molecule has 100 valence electrons. The van der Waals surface area contributed by atoms with Crippen molar-refractivity contribution in [2.24, 2.45) is 5.92 Å². The van der Waals surface area contributed by atoms with Crippen molar-refractivity contribution in [1.82, 2.24) is 0 Å². The van der Waals surface area contributed by atoms with Crippen molar-refractivity contribution in [3.05, 3.63) is 34.1 Å². The number of hydrogen-bond donors (Lipinski definition) is 0. The molecule has 6 heteroatoms. The Kier molecular flexibility index (Phi) is 6.04. The topological polar surface area (TPSA) is 52.4 Å². The molecule has 1 aromatic rings. The third-order valence-electron chi connectivity index (χ3n) is 2.60. The monoisotopic (exact) mass is 319 g/mol. The Bertz CT molecular complexity index is 414. The number of nitro benzene ring substituents is 1. The van der Waals surface area contributed by atoms with Crippen molar-refractivity contribution in [2.75, 3.05) is 11.9 Å². The zero-order valence-corrected chi connectivity index (χ0v) is 11.7. The molecule has 0 aliphatic rings. The molecule has 4 nitrogen and oxygen atoms in total. The fourth-order valence-electron chi connectivity index (χ4n) is 1.48. The van der Waals surface area contributed by atoms with Crippen molar-refractivity contribution < 1.29 is 14.1 Å². The van der Waals surface area contributed by atoms with Crippen LogP contribution in [0.4, 0.5) is 10.1 Å². The number of para-hydroxylation sites is 1. The number of hydrogen-bond acceptors (Lipinski definition) is 3. The van der Waals surface area contributed by atoms with E-state index in [1.165, 1.54) is 12.1 Å². The fraction of sp³-hybridized carbons (Fsp3) is 0.500. The lowest BCUT2D eigenvalue weighted by atomic mass is 10.1. The van der Waals surface area contributed by atoms with Gasteiger partial charge in [0, 0.05) is 11.4 Å². The zero-order valence-electron chi connectivity index (χ0n) is 10.1. The van der Waals surface area contributed by atoms with E-state index in [1.807, 2.05) is 0 Å². The molecule has 0 N–H and O–H groups in total. The predicted octanol–water partition coefficient (Wildman–Crippen LogP) is 3.92. The van der Waals surface area contributed by atoms with Gasteiger partial charge in [0.2, 0.25) is 5.75 Å². The number of ether oxygens (including phenoxy) is 1. The Labute approximate surface area is 113 Å². The van der Waals surface area contributed by atoms with Crippen LogP contribution in [0, 0.1) is 21.8 Å². The van der Waals surface area contributed by atoms with Crippen molar-refractivity contribution in [1.29, 1.82) is 0 Å². The summed E-state index contributed by atoms with van der Waals surface area (Å²) < 4.78 is 18.7. The van der Waals surface area contributed by atoms with Crippen LogP contribution in [0.25, 0.3) is 0 Å². The van der Waals surface area contributed by atoms with Crippen LogP contribution in [0.1, 0.15) is 19.8 Å². The van der Waals surface area contributed by atoms with Gasteiger partial charge in [0.1, 0.15) is 0 Å². The average molecular weight is 320 g/mol. The van der Waals surface area contributed by atoms with Crippen LogP contribution in [0.15, 0.2) is 18.2 Å². The highest BCUT2D eigenvalue weighted by atomic mass is 79.9. The predicted molar refractivity (Wildman–Crippen MR) is 70.7 cm³/mol. The first-order chi connectivity index (χ1) is 8.56. The molecular weight excluding hydrogens is 305 g/mol. The van der Waals surface area contributed by atoms with Crippen LogP contribution in [0.3, 0.4) is 0 Å². The molecule has 18 heavy (non-hydrogen) atoms. The molecule has 0 aliphatic carbocycles. The Hall–Kier alpha value is -1.17. The van der Waals surface area contributed by atoms with Crippen LogP contribution >= 0.6 is 15.9 Å². The highest BCUT2D eigenvalue weighted by molar-refractivity contribution is 9.09. The first-order valence-electron chi connectivity index (χ1n) is 5.68. The van der Waals surface area contributed by atoms with Crippen molar-refractivity contribution in [3.63, 3.8) is 0 Å². The van der Waals surface area contributed by atoms with Crippen molar-refractivity contribution in [2.45, 2.75) is 19.8 Å². The SMILES string of the molecule is CC(CCBr)CCOc1c(F)cccc1[N+](=O)[O-]. The summed E-state index contributed by atoms with van der Waals surface area (Å²) in [4.78, 5) is 10.1. The number of alkyl halides is 1. The summed E-state index contributed by atoms with van der Waals surface area (Å²) in [5, 5.41) is 11.6. The van der Waals surface area contributed by atoms with Gasteiger partial charge in [-0.25, -0.2) is 4.39 Å². The molecule has 0 saturated carbocycles. The number of benzene rings is 1. The summed E-state index contributed by atoms with van der Waals surface area (Å²) >= 11 is 3.34. The lowest BCUT2D eigenvalue weighted by molar-refractivity contribution is -0.386. The van der Waals surface area contributed by atoms with Crippen LogP contribution in [-0.2, 0) is 0 Å². The molecule has 1 rings (SSSR count). The third kappa shape index (κ3) is 4.25. The van der Waals surface area contributed by atoms with Gasteiger partial charge in [-0.15, -0.1) is 0 Å². The molecule has 0 fully saturated rings. The molecule has 1 unspecified atom stereocenters. The Morgan fingerprint density at radius 2 is 2.22 bits per heavy atom. The maximum absolute atomic E-state index is 13.4. The van der Waals surface area contributed by atoms with E-state index in [-0.39, 0.29) is 18.0 Å². The van der Waals surface area contributed by atoms with E-state index in [0.717, 1.165) is 24.2 Å². The van der Waals surface area contributed by atoms with Gasteiger partial charge in [0.25, 0.3) is 0 Å². The smallest absolute Gasteiger partial charge is 0.314 e. The molecule has 0 amide bonds. The van der Waals surface area contributed by atoms with Gasteiger partial charge in [0.15, 0.2) is 5.82 Å². The highest BCUT2D eigenvalue weighted by Gasteiger charge is 2.19. The van der Waals surface area contributed by atoms with Crippen LogP contribution < -0.4 is 4.74 Å². The number of nitro groups is 1. The standard InChI is InChI=1S/C12H15BrFNO3/c1-9(5-7-13)6-8-18-12-10(14)3-2-4-11(12)15(16)17/h2-4,9H,5-8H2,1H3. The molecule has 1 atom stereocenters. The van der Waals surface area contributed by atoms with Crippen LogP contribution in [0.2, 0.25) is 0 Å². The van der Waals surface area contributed by atoms with Crippen LogP contribution in [0.5, 0.6) is 5.75 Å². The molecular formula is C12H15BrFNO3. The van der Waals surface area contributed by atoms with Gasteiger partial charge in [-0.1, -0.05) is 28.9 Å². The third-order valence-corrected chi connectivity index (χ3v) is 3.06. The quantitative estimate of drug-likeness (QED) is 0.435. The van der Waals surface area contributed by atoms with E-state index in [2.05, 4.69) is 22.9 Å². The summed E-state index contributed by atoms with van der Waals surface area (Å²) in [5.41, 5.74) is -0.330. The summed E-state index contributed by atoms with van der Waals surface area (Å²) in [5.74, 6) is -0.541. The molecule has 0 bridgehead atoms. The summed E-state index contributed by atoms with van der Waals surface area (Å²) in [7, 11) is 0. The van der Waals surface area contributed by atoms with Gasteiger partial charge in [0.05, 0.1) is 11.5 Å². The molecule has 0 heterocycles. The van der Waals surface area contributed by atoms with E-state index < -0.39 is 10.7 Å². The minimum atomic E-state index is -0.697. The number of halogens is 2. The summed E-state index contributed by atoms with van der Waals surface area (Å²) in [6.45, 7) is 2.33. The van der Waals surface area contributed by atoms with Gasteiger partial charge < -0.3 is 4.74 Å². The minimum absolute atomic E-state index is 0.270. The lowest BCUT2D eigenvalue weighted by Crippen LogP contribution is -2.07. The van der Waals surface area contributed by atoms with E-state index in [9.17, 15) is 14.5 Å². The molecule has 0 spiro atoms. The molecule has 0 radical (unpaired) electrons. The molecule has 0 aromatic heterocycles. The lowest BCUT2D eigenvalue weighted by Gasteiger charge is -2.11. The first-order valence-corrected chi connectivity index (χ1v) is 6.80. The summed E-state index contributed by atoms with van der Waals surface area (Å²) in [6.07, 6.45) is 1.72. The Morgan fingerprint density at radius 3 is 2.83 bits per heavy atom. The normalized spacial score (nSPS) is 12.2. The minimum Gasteiger partial charge on any atom is -0.485 e. The van der Waals surface area contributed by atoms with Gasteiger partial charge >= 0.3 is 5.69 Å². The second-order valence-electron chi connectivity index (χ2n) is 4.07.